The lowest BCUT2D eigenvalue weighted by molar-refractivity contribution is -0.164. The van der Waals surface area contributed by atoms with Crippen LogP contribution in [-0.4, -0.2) is 48.2 Å². The molecule has 2 aromatic carbocycles. The minimum atomic E-state index is -4.12. The number of hydrogen-bond acceptors (Lipinski definition) is 4. The van der Waals surface area contributed by atoms with Crippen LogP contribution in [0.2, 0.25) is 0 Å². The zero-order valence-corrected chi connectivity index (χ0v) is 18.8. The number of alkyl halides is 2. The number of carboxylic acids is 1. The Morgan fingerprint density at radius 3 is 2.15 bits per heavy atom. The van der Waals surface area contributed by atoms with Gasteiger partial charge in [0.1, 0.15) is 12.6 Å². The second-order valence-corrected chi connectivity index (χ2v) is 8.27. The molecular weight excluding hydrogens is 446 g/mol. The lowest BCUT2D eigenvalue weighted by Gasteiger charge is -2.20. The minimum Gasteiger partial charge on any atom is -0.477 e. The first-order valence-corrected chi connectivity index (χ1v) is 10.7. The molecule has 0 aliphatic heterocycles. The number of carbonyl (C=O) groups excluding carboxylic acids is 2. The minimum absolute atomic E-state index is 0.0218. The molecule has 2 amide bonds. The third-order valence-corrected chi connectivity index (χ3v) is 5.51. The normalized spacial score (nSPS) is 13.3. The third kappa shape index (κ3) is 5.78. The molecule has 0 saturated carbocycles. The highest BCUT2D eigenvalue weighted by Gasteiger charge is 2.39. The lowest BCUT2D eigenvalue weighted by atomic mass is 9.98. The van der Waals surface area contributed by atoms with Crippen molar-refractivity contribution in [3.63, 3.8) is 0 Å². The van der Waals surface area contributed by atoms with Crippen LogP contribution in [0.4, 0.5) is 13.6 Å². The first-order chi connectivity index (χ1) is 16.1. The second kappa shape index (κ2) is 10.5. The smallest absolute Gasteiger partial charge is 0.407 e. The van der Waals surface area contributed by atoms with Crippen LogP contribution in [0.15, 0.2) is 60.2 Å². The van der Waals surface area contributed by atoms with Crippen molar-refractivity contribution in [2.24, 2.45) is 0 Å². The lowest BCUT2D eigenvalue weighted by Crippen LogP contribution is -2.50. The van der Waals surface area contributed by atoms with Crippen molar-refractivity contribution in [1.29, 1.82) is 0 Å². The van der Waals surface area contributed by atoms with Gasteiger partial charge in [-0.25, -0.2) is 9.59 Å². The number of allylic oxidation sites excluding steroid dienone is 1. The molecule has 0 spiro atoms. The Hall–Kier alpha value is -3.75. The van der Waals surface area contributed by atoms with Crippen LogP contribution < -0.4 is 10.6 Å². The molecule has 1 unspecified atom stereocenters. The average Bonchev–Trinajstić information content (AvgIpc) is 3.12. The summed E-state index contributed by atoms with van der Waals surface area (Å²) in [6, 6.07) is 14.4. The summed E-state index contributed by atoms with van der Waals surface area (Å²) in [4.78, 5) is 35.5. The molecule has 1 aliphatic rings. The molecule has 0 saturated heterocycles. The van der Waals surface area contributed by atoms with Crippen molar-refractivity contribution in [1.82, 2.24) is 10.6 Å². The number of benzene rings is 2. The van der Waals surface area contributed by atoms with Gasteiger partial charge in [-0.15, -0.1) is 0 Å². The van der Waals surface area contributed by atoms with E-state index in [4.69, 9.17) is 9.84 Å². The quantitative estimate of drug-likeness (QED) is 0.477. The zero-order chi connectivity index (χ0) is 24.9. The predicted octanol–water partition coefficient (Wildman–Crippen LogP) is 4.09. The van der Waals surface area contributed by atoms with E-state index in [9.17, 15) is 23.2 Å². The summed E-state index contributed by atoms with van der Waals surface area (Å²) in [5.74, 6) is -7.59. The number of carbonyl (C=O) groups is 3. The number of carboxylic acid groups (broad SMARTS) is 1. The highest BCUT2D eigenvalue weighted by Crippen LogP contribution is 2.44. The van der Waals surface area contributed by atoms with Crippen LogP contribution in [0.1, 0.15) is 37.3 Å². The van der Waals surface area contributed by atoms with E-state index in [1.165, 1.54) is 0 Å². The van der Waals surface area contributed by atoms with E-state index in [2.05, 4.69) is 5.32 Å². The van der Waals surface area contributed by atoms with E-state index < -0.39 is 36.5 Å². The largest absolute Gasteiger partial charge is 0.477 e. The summed E-state index contributed by atoms with van der Waals surface area (Å²) in [6.45, 7) is 2.19. The van der Waals surface area contributed by atoms with Gasteiger partial charge in [0.15, 0.2) is 0 Å². The first kappa shape index (κ1) is 24.9. The van der Waals surface area contributed by atoms with Gasteiger partial charge in [0.25, 0.3) is 0 Å². The molecule has 0 fully saturated rings. The van der Waals surface area contributed by atoms with Gasteiger partial charge in [0.05, 0.1) is 6.54 Å². The fraction of sp³-hybridized carbons (Fsp3) is 0.320. The summed E-state index contributed by atoms with van der Waals surface area (Å²) < 4.78 is 32.1. The van der Waals surface area contributed by atoms with Crippen molar-refractivity contribution >= 4 is 18.0 Å². The molecule has 0 heterocycles. The van der Waals surface area contributed by atoms with Gasteiger partial charge in [-0.2, -0.15) is 8.78 Å². The maximum Gasteiger partial charge on any atom is 0.407 e. The van der Waals surface area contributed by atoms with E-state index in [-0.39, 0.29) is 18.9 Å². The summed E-state index contributed by atoms with van der Waals surface area (Å²) in [5.41, 5.74) is 5.01. The number of halogens is 2. The Morgan fingerprint density at radius 1 is 1.06 bits per heavy atom. The van der Waals surface area contributed by atoms with Crippen LogP contribution in [-0.2, 0) is 14.3 Å². The summed E-state index contributed by atoms with van der Waals surface area (Å²) in [5, 5.41) is 12.8. The van der Waals surface area contributed by atoms with Crippen LogP contribution in [0.3, 0.4) is 0 Å². The third-order valence-electron chi connectivity index (χ3n) is 5.51. The maximum absolute atomic E-state index is 13.3. The van der Waals surface area contributed by atoms with E-state index in [0.29, 0.717) is 0 Å². The number of rotatable bonds is 9. The highest BCUT2D eigenvalue weighted by molar-refractivity contribution is 5.86. The molecule has 3 rings (SSSR count). The van der Waals surface area contributed by atoms with E-state index in [1.54, 1.807) is 19.9 Å². The topological polar surface area (TPSA) is 105 Å². The Morgan fingerprint density at radius 2 is 1.62 bits per heavy atom. The number of hydrogen-bond donors (Lipinski definition) is 3. The second-order valence-electron chi connectivity index (χ2n) is 8.27. The van der Waals surface area contributed by atoms with Crippen LogP contribution in [0.25, 0.3) is 11.1 Å². The molecule has 0 aromatic heterocycles. The van der Waals surface area contributed by atoms with E-state index >= 15 is 0 Å². The molecule has 9 heteroatoms. The summed E-state index contributed by atoms with van der Waals surface area (Å²) in [7, 11) is 0. The monoisotopic (exact) mass is 472 g/mol. The fourth-order valence-corrected chi connectivity index (χ4v) is 3.76. The van der Waals surface area contributed by atoms with Gasteiger partial charge >= 0.3 is 18.0 Å². The molecule has 1 atom stereocenters. The van der Waals surface area contributed by atoms with Crippen molar-refractivity contribution in [2.75, 3.05) is 13.2 Å². The Labute approximate surface area is 195 Å². The molecule has 34 heavy (non-hydrogen) atoms. The van der Waals surface area contributed by atoms with Gasteiger partial charge in [-0.1, -0.05) is 60.2 Å². The van der Waals surface area contributed by atoms with Crippen molar-refractivity contribution in [3.8, 4) is 11.1 Å². The van der Waals surface area contributed by atoms with Crippen LogP contribution in [0, 0.1) is 0 Å². The van der Waals surface area contributed by atoms with Gasteiger partial charge in [-0.3, -0.25) is 4.79 Å². The molecule has 0 bridgehead atoms. The Bertz CT molecular complexity index is 1070. The highest BCUT2D eigenvalue weighted by atomic mass is 19.3. The van der Waals surface area contributed by atoms with Crippen LogP contribution in [0.5, 0.6) is 0 Å². The molecule has 7 nitrogen and oxygen atoms in total. The number of aliphatic carboxylic acids is 1. The van der Waals surface area contributed by atoms with Crippen LogP contribution >= 0.6 is 0 Å². The SMILES string of the molecule is CC(C)=CCC(NC(=O)OCC1c2ccccc2-c2ccccc21)C(=O)NCC(F)(F)C(=O)O. The number of fused-ring (bicyclic) bond motifs is 3. The summed E-state index contributed by atoms with van der Waals surface area (Å²) in [6.07, 6.45) is 0.800. The Balaban J connectivity index is 1.66. The summed E-state index contributed by atoms with van der Waals surface area (Å²) >= 11 is 0. The van der Waals surface area contributed by atoms with E-state index in [0.717, 1.165) is 27.8 Å². The number of nitrogens with one attached hydrogen (secondary N) is 2. The average molecular weight is 472 g/mol. The van der Waals surface area contributed by atoms with Gasteiger partial charge in [0.2, 0.25) is 5.91 Å². The number of ether oxygens (including phenoxy) is 1. The zero-order valence-electron chi connectivity index (χ0n) is 18.8. The van der Waals surface area contributed by atoms with Gasteiger partial charge in [-0.05, 0) is 42.5 Å². The predicted molar refractivity (Wildman–Crippen MR) is 122 cm³/mol. The molecule has 1 aliphatic carbocycles. The molecule has 2 aromatic rings. The molecule has 0 radical (unpaired) electrons. The van der Waals surface area contributed by atoms with Crippen molar-refractivity contribution in [2.45, 2.75) is 38.2 Å². The van der Waals surface area contributed by atoms with Gasteiger partial charge in [0, 0.05) is 5.92 Å². The van der Waals surface area contributed by atoms with Crippen molar-refractivity contribution in [3.05, 3.63) is 71.3 Å². The fourth-order valence-electron chi connectivity index (χ4n) is 3.76. The molecule has 3 N–H and O–H groups in total. The first-order valence-electron chi connectivity index (χ1n) is 10.7. The standard InChI is InChI=1S/C25H26F2N2O5/c1-15(2)11-12-21(22(30)28-14-25(26,27)23(31)32)29-24(33)34-13-20-18-9-5-3-7-16(18)17-8-4-6-10-19(17)20/h3-11,20-21H,12-14H2,1-2H3,(H,28,30)(H,29,33)(H,31,32). The number of alkyl carbamates (subject to hydrolysis) is 1. The Kier molecular flexibility index (Phi) is 7.65. The van der Waals surface area contributed by atoms with Gasteiger partial charge < -0.3 is 20.5 Å². The molecular formula is C25H26F2N2O5. The maximum atomic E-state index is 13.3. The van der Waals surface area contributed by atoms with E-state index in [1.807, 2.05) is 53.8 Å². The molecule has 180 valence electrons. The van der Waals surface area contributed by atoms with Crippen molar-refractivity contribution < 1.29 is 33.0 Å². The number of amides is 2.